The molecular weight excluding hydrogens is 224 g/mol. The van der Waals surface area contributed by atoms with Crippen molar-refractivity contribution in [3.8, 4) is 11.5 Å². The summed E-state index contributed by atoms with van der Waals surface area (Å²) in [4.78, 5) is 0. The van der Waals surface area contributed by atoms with E-state index in [9.17, 15) is 8.78 Å². The van der Waals surface area contributed by atoms with Crippen molar-refractivity contribution in [1.29, 1.82) is 0 Å². The van der Waals surface area contributed by atoms with E-state index in [0.717, 1.165) is 17.7 Å². The highest BCUT2D eigenvalue weighted by atomic mass is 19.1. The second-order valence-corrected chi connectivity index (χ2v) is 3.70. The Balaban J connectivity index is 2.31. The summed E-state index contributed by atoms with van der Waals surface area (Å²) >= 11 is 0. The minimum atomic E-state index is -0.735. The van der Waals surface area contributed by atoms with Gasteiger partial charge in [-0.05, 0) is 42.8 Å². The second-order valence-electron chi connectivity index (χ2n) is 3.70. The summed E-state index contributed by atoms with van der Waals surface area (Å²) in [6, 6.07) is 8.20. The third-order valence-corrected chi connectivity index (χ3v) is 2.31. The lowest BCUT2D eigenvalue weighted by molar-refractivity contribution is 0.435. The molecule has 0 unspecified atom stereocenters. The number of nitrogens with two attached hydrogens (primary N) is 1. The zero-order valence-electron chi connectivity index (χ0n) is 9.21. The van der Waals surface area contributed by atoms with Crippen LogP contribution in [-0.2, 0) is 0 Å². The van der Waals surface area contributed by atoms with Crippen molar-refractivity contribution >= 4 is 5.69 Å². The van der Waals surface area contributed by atoms with Crippen molar-refractivity contribution in [3.63, 3.8) is 0 Å². The van der Waals surface area contributed by atoms with Gasteiger partial charge in [0.2, 0.25) is 0 Å². The minimum Gasteiger partial charge on any atom is -0.454 e. The molecule has 0 saturated heterocycles. The number of ether oxygens (including phenoxy) is 1. The third kappa shape index (κ3) is 2.53. The molecule has 88 valence electrons. The molecule has 2 aromatic carbocycles. The van der Waals surface area contributed by atoms with Gasteiger partial charge in [0.1, 0.15) is 11.6 Å². The van der Waals surface area contributed by atoms with Gasteiger partial charge in [-0.3, -0.25) is 0 Å². The number of rotatable bonds is 2. The number of hydrogen-bond acceptors (Lipinski definition) is 2. The molecule has 0 aromatic heterocycles. The van der Waals surface area contributed by atoms with Gasteiger partial charge < -0.3 is 10.5 Å². The number of hydrogen-bond donors (Lipinski definition) is 1. The fourth-order valence-electron chi connectivity index (χ4n) is 1.46. The summed E-state index contributed by atoms with van der Waals surface area (Å²) in [6.45, 7) is 1.80. The van der Waals surface area contributed by atoms with E-state index in [-0.39, 0.29) is 5.75 Å². The first-order chi connectivity index (χ1) is 8.06. The van der Waals surface area contributed by atoms with Crippen LogP contribution in [0.15, 0.2) is 36.4 Å². The molecule has 0 aliphatic heterocycles. The largest absolute Gasteiger partial charge is 0.454 e. The smallest absolute Gasteiger partial charge is 0.168 e. The Morgan fingerprint density at radius 1 is 1.00 bits per heavy atom. The summed E-state index contributed by atoms with van der Waals surface area (Å²) < 4.78 is 31.4. The molecule has 0 atom stereocenters. The predicted octanol–water partition coefficient (Wildman–Crippen LogP) is 3.65. The van der Waals surface area contributed by atoms with Crippen LogP contribution in [0.1, 0.15) is 5.56 Å². The molecule has 0 fully saturated rings. The number of aryl methyl sites for hydroxylation is 1. The van der Waals surface area contributed by atoms with Gasteiger partial charge in [-0.1, -0.05) is 0 Å². The average Bonchev–Trinajstić information content (AvgIpc) is 2.25. The maximum Gasteiger partial charge on any atom is 0.168 e. The van der Waals surface area contributed by atoms with Gasteiger partial charge in [0, 0.05) is 11.8 Å². The molecular formula is C13H11F2NO. The first kappa shape index (κ1) is 11.4. The zero-order valence-corrected chi connectivity index (χ0v) is 9.21. The van der Waals surface area contributed by atoms with E-state index in [1.54, 1.807) is 25.1 Å². The highest BCUT2D eigenvalue weighted by molar-refractivity contribution is 5.48. The number of anilines is 1. The topological polar surface area (TPSA) is 35.2 Å². The van der Waals surface area contributed by atoms with Crippen LogP contribution in [0, 0.1) is 18.6 Å². The standard InChI is InChI=1S/C13H11F2NO/c1-8-6-10(16)3-5-12(8)17-13-4-2-9(14)7-11(13)15/h2-7H,16H2,1H3. The molecule has 2 aromatic rings. The predicted molar refractivity (Wildman–Crippen MR) is 62.0 cm³/mol. The van der Waals surface area contributed by atoms with Crippen molar-refractivity contribution in [3.05, 3.63) is 53.6 Å². The maximum atomic E-state index is 13.4. The van der Waals surface area contributed by atoms with Crippen molar-refractivity contribution in [2.45, 2.75) is 6.92 Å². The highest BCUT2D eigenvalue weighted by Crippen LogP contribution is 2.28. The molecule has 0 bridgehead atoms. The molecule has 0 heterocycles. The van der Waals surface area contributed by atoms with Crippen LogP contribution in [0.2, 0.25) is 0 Å². The normalized spacial score (nSPS) is 10.3. The second kappa shape index (κ2) is 4.41. The van der Waals surface area contributed by atoms with Crippen LogP contribution in [0.5, 0.6) is 11.5 Å². The van der Waals surface area contributed by atoms with Gasteiger partial charge in [-0.25, -0.2) is 8.78 Å². The zero-order chi connectivity index (χ0) is 12.4. The molecule has 2 rings (SSSR count). The minimum absolute atomic E-state index is 0.0146. The number of benzene rings is 2. The molecule has 17 heavy (non-hydrogen) atoms. The summed E-state index contributed by atoms with van der Waals surface area (Å²) in [6.07, 6.45) is 0. The first-order valence-corrected chi connectivity index (χ1v) is 5.05. The Morgan fingerprint density at radius 3 is 2.35 bits per heavy atom. The molecule has 0 aliphatic carbocycles. The Hall–Kier alpha value is -2.10. The van der Waals surface area contributed by atoms with E-state index in [1.165, 1.54) is 6.07 Å². The van der Waals surface area contributed by atoms with Crippen LogP contribution in [0.25, 0.3) is 0 Å². The Labute approximate surface area is 97.6 Å². The molecule has 0 saturated carbocycles. The summed E-state index contributed by atoms with van der Waals surface area (Å²) in [7, 11) is 0. The summed E-state index contributed by atoms with van der Waals surface area (Å²) in [5.74, 6) is -0.894. The van der Waals surface area contributed by atoms with E-state index in [1.807, 2.05) is 0 Å². The first-order valence-electron chi connectivity index (χ1n) is 5.05. The van der Waals surface area contributed by atoms with Crippen molar-refractivity contribution < 1.29 is 13.5 Å². The quantitative estimate of drug-likeness (QED) is 0.806. The number of nitrogen functional groups attached to an aromatic ring is 1. The van der Waals surface area contributed by atoms with Gasteiger partial charge in [0.15, 0.2) is 11.6 Å². The third-order valence-electron chi connectivity index (χ3n) is 2.31. The van der Waals surface area contributed by atoms with Crippen LogP contribution in [-0.4, -0.2) is 0 Å². The Kier molecular flexibility index (Phi) is 2.95. The summed E-state index contributed by atoms with van der Waals surface area (Å²) in [5, 5.41) is 0. The van der Waals surface area contributed by atoms with E-state index >= 15 is 0 Å². The molecule has 0 aliphatic rings. The molecule has 4 heteroatoms. The molecule has 0 amide bonds. The van der Waals surface area contributed by atoms with E-state index in [4.69, 9.17) is 10.5 Å². The van der Waals surface area contributed by atoms with Crippen LogP contribution < -0.4 is 10.5 Å². The van der Waals surface area contributed by atoms with Gasteiger partial charge in [0.05, 0.1) is 0 Å². The van der Waals surface area contributed by atoms with Crippen molar-refractivity contribution in [2.24, 2.45) is 0 Å². The lowest BCUT2D eigenvalue weighted by atomic mass is 10.2. The maximum absolute atomic E-state index is 13.4. The van der Waals surface area contributed by atoms with E-state index in [2.05, 4.69) is 0 Å². The van der Waals surface area contributed by atoms with Gasteiger partial charge >= 0.3 is 0 Å². The van der Waals surface area contributed by atoms with Gasteiger partial charge in [0.25, 0.3) is 0 Å². The SMILES string of the molecule is Cc1cc(N)ccc1Oc1ccc(F)cc1F. The average molecular weight is 235 g/mol. The van der Waals surface area contributed by atoms with Crippen LogP contribution in [0.3, 0.4) is 0 Å². The van der Waals surface area contributed by atoms with Crippen molar-refractivity contribution in [2.75, 3.05) is 5.73 Å². The van der Waals surface area contributed by atoms with Crippen LogP contribution in [0.4, 0.5) is 14.5 Å². The van der Waals surface area contributed by atoms with Crippen molar-refractivity contribution in [1.82, 2.24) is 0 Å². The molecule has 0 spiro atoms. The van der Waals surface area contributed by atoms with Gasteiger partial charge in [-0.15, -0.1) is 0 Å². The highest BCUT2D eigenvalue weighted by Gasteiger charge is 2.07. The van der Waals surface area contributed by atoms with E-state index in [0.29, 0.717) is 11.4 Å². The van der Waals surface area contributed by atoms with E-state index < -0.39 is 11.6 Å². The lowest BCUT2D eigenvalue weighted by Gasteiger charge is -2.09. The fraction of sp³-hybridized carbons (Fsp3) is 0.0769. The van der Waals surface area contributed by atoms with Gasteiger partial charge in [-0.2, -0.15) is 0 Å². The monoisotopic (exact) mass is 235 g/mol. The summed E-state index contributed by atoms with van der Waals surface area (Å²) in [5.41, 5.74) is 6.98. The van der Waals surface area contributed by atoms with Crippen LogP contribution >= 0.6 is 0 Å². The Bertz CT molecular complexity index is 506. The molecule has 2 N–H and O–H groups in total. The lowest BCUT2D eigenvalue weighted by Crippen LogP contribution is -1.93. The number of halogens is 2. The Morgan fingerprint density at radius 2 is 1.71 bits per heavy atom. The molecule has 0 radical (unpaired) electrons. The molecule has 2 nitrogen and oxygen atoms in total. The fourth-order valence-corrected chi connectivity index (χ4v) is 1.46.